The van der Waals surface area contributed by atoms with Gasteiger partial charge in [0.2, 0.25) is 5.95 Å². The molecule has 0 aliphatic rings. The Morgan fingerprint density at radius 2 is 2.11 bits per heavy atom. The molecule has 6 heteroatoms. The number of nitrogens with one attached hydrogen (secondary N) is 2. The molecule has 2 rings (SSSR count). The van der Waals surface area contributed by atoms with Gasteiger partial charge in [-0.15, -0.1) is 11.3 Å². The summed E-state index contributed by atoms with van der Waals surface area (Å²) in [7, 11) is 1.81. The zero-order chi connectivity index (χ0) is 13.1. The third-order valence-corrected chi connectivity index (χ3v) is 3.88. The first-order valence-corrected chi connectivity index (χ1v) is 6.83. The van der Waals surface area contributed by atoms with Crippen LogP contribution in [0.5, 0.6) is 0 Å². The molecule has 0 aromatic carbocycles. The van der Waals surface area contributed by atoms with Gasteiger partial charge in [0.05, 0.1) is 10.4 Å². The highest BCUT2D eigenvalue weighted by Gasteiger charge is 2.09. The molecule has 0 aliphatic carbocycles. The molecule has 0 amide bonds. The number of aromatic nitrogens is 2. The van der Waals surface area contributed by atoms with Crippen LogP contribution in [0.2, 0.25) is 4.34 Å². The van der Waals surface area contributed by atoms with E-state index in [0.717, 1.165) is 15.8 Å². The van der Waals surface area contributed by atoms with Crippen molar-refractivity contribution in [1.82, 2.24) is 9.97 Å². The minimum absolute atomic E-state index is 0.168. The number of halogens is 1. The quantitative estimate of drug-likeness (QED) is 0.897. The summed E-state index contributed by atoms with van der Waals surface area (Å²) in [5.74, 6) is 1.43. The fourth-order valence-corrected chi connectivity index (χ4v) is 2.67. The summed E-state index contributed by atoms with van der Waals surface area (Å²) in [6, 6.07) is 6.02. The van der Waals surface area contributed by atoms with E-state index in [9.17, 15) is 0 Å². The fraction of sp³-hybridized carbons (Fsp3) is 0.333. The van der Waals surface area contributed by atoms with Crippen LogP contribution < -0.4 is 10.6 Å². The molecule has 1 atom stereocenters. The molecule has 0 saturated heterocycles. The van der Waals surface area contributed by atoms with Crippen LogP contribution in [-0.4, -0.2) is 17.0 Å². The van der Waals surface area contributed by atoms with E-state index in [1.165, 1.54) is 4.88 Å². The van der Waals surface area contributed by atoms with Gasteiger partial charge in [-0.2, -0.15) is 4.98 Å². The second-order valence-corrected chi connectivity index (χ2v) is 5.72. The molecule has 0 aliphatic heterocycles. The Hall–Kier alpha value is -1.33. The van der Waals surface area contributed by atoms with Crippen LogP contribution in [0.15, 0.2) is 18.2 Å². The van der Waals surface area contributed by atoms with Gasteiger partial charge in [0, 0.05) is 23.7 Å². The third kappa shape index (κ3) is 3.11. The van der Waals surface area contributed by atoms with E-state index >= 15 is 0 Å². The molecular formula is C12H15ClN4S. The Morgan fingerprint density at radius 1 is 1.33 bits per heavy atom. The van der Waals surface area contributed by atoms with Gasteiger partial charge in [-0.25, -0.2) is 4.98 Å². The lowest BCUT2D eigenvalue weighted by Crippen LogP contribution is -2.08. The fourth-order valence-electron chi connectivity index (χ4n) is 1.61. The minimum atomic E-state index is 0.168. The van der Waals surface area contributed by atoms with Gasteiger partial charge >= 0.3 is 0 Å². The molecular weight excluding hydrogens is 268 g/mol. The topological polar surface area (TPSA) is 49.8 Å². The maximum Gasteiger partial charge on any atom is 0.224 e. The first-order valence-electron chi connectivity index (χ1n) is 5.63. The summed E-state index contributed by atoms with van der Waals surface area (Å²) in [6.07, 6.45) is 0. The lowest BCUT2D eigenvalue weighted by molar-refractivity contribution is 0.891. The van der Waals surface area contributed by atoms with Gasteiger partial charge in [-0.1, -0.05) is 11.6 Å². The van der Waals surface area contributed by atoms with Crippen molar-refractivity contribution in [3.8, 4) is 0 Å². The Bertz CT molecular complexity index is 541. The van der Waals surface area contributed by atoms with E-state index in [1.807, 2.05) is 25.1 Å². The average molecular weight is 283 g/mol. The van der Waals surface area contributed by atoms with Crippen LogP contribution in [-0.2, 0) is 0 Å². The molecule has 4 nitrogen and oxygen atoms in total. The lowest BCUT2D eigenvalue weighted by Gasteiger charge is -2.13. The van der Waals surface area contributed by atoms with E-state index < -0.39 is 0 Å². The van der Waals surface area contributed by atoms with E-state index in [-0.39, 0.29) is 6.04 Å². The Balaban J connectivity index is 2.16. The van der Waals surface area contributed by atoms with E-state index in [4.69, 9.17) is 11.6 Å². The predicted molar refractivity (Wildman–Crippen MR) is 77.7 cm³/mol. The number of aryl methyl sites for hydroxylation is 1. The minimum Gasteiger partial charge on any atom is -0.363 e. The summed E-state index contributed by atoms with van der Waals surface area (Å²) in [6.45, 7) is 4.03. The summed E-state index contributed by atoms with van der Waals surface area (Å²) in [5.41, 5.74) is 0.924. The standard InChI is InChI=1S/C12H15ClN4S/c1-7-6-11(17-12(14-3)15-7)16-8(2)9-4-5-10(13)18-9/h4-6,8H,1-3H3,(H2,14,15,16,17). The van der Waals surface area contributed by atoms with E-state index in [0.29, 0.717) is 5.95 Å². The van der Waals surface area contributed by atoms with Gasteiger partial charge in [0.15, 0.2) is 0 Å². The second-order valence-electron chi connectivity index (χ2n) is 3.98. The molecule has 0 fully saturated rings. The van der Waals surface area contributed by atoms with Crippen molar-refractivity contribution in [1.29, 1.82) is 0 Å². The first-order chi connectivity index (χ1) is 8.58. The number of hydrogen-bond acceptors (Lipinski definition) is 5. The van der Waals surface area contributed by atoms with Gasteiger partial charge < -0.3 is 10.6 Å². The van der Waals surface area contributed by atoms with Crippen LogP contribution in [0, 0.1) is 6.92 Å². The van der Waals surface area contributed by atoms with Crippen molar-refractivity contribution in [3.05, 3.63) is 33.1 Å². The van der Waals surface area contributed by atoms with Crippen molar-refractivity contribution in [2.45, 2.75) is 19.9 Å². The van der Waals surface area contributed by atoms with Crippen LogP contribution in [0.3, 0.4) is 0 Å². The Kier molecular flexibility index (Phi) is 4.04. The molecule has 2 aromatic rings. The molecule has 2 heterocycles. The second kappa shape index (κ2) is 5.54. The van der Waals surface area contributed by atoms with Crippen LogP contribution in [0.4, 0.5) is 11.8 Å². The third-order valence-electron chi connectivity index (χ3n) is 2.46. The van der Waals surface area contributed by atoms with Gasteiger partial charge in [0.1, 0.15) is 5.82 Å². The highest BCUT2D eigenvalue weighted by Crippen LogP contribution is 2.28. The summed E-state index contributed by atoms with van der Waals surface area (Å²) in [5, 5.41) is 6.29. The normalized spacial score (nSPS) is 12.2. The van der Waals surface area contributed by atoms with Crippen LogP contribution in [0.25, 0.3) is 0 Å². The van der Waals surface area contributed by atoms with Gasteiger partial charge in [-0.3, -0.25) is 0 Å². The first kappa shape index (κ1) is 13.1. The van der Waals surface area contributed by atoms with E-state index in [2.05, 4.69) is 27.5 Å². The molecule has 0 spiro atoms. The zero-order valence-electron chi connectivity index (χ0n) is 10.5. The largest absolute Gasteiger partial charge is 0.363 e. The molecule has 0 saturated carbocycles. The molecule has 18 heavy (non-hydrogen) atoms. The number of hydrogen-bond donors (Lipinski definition) is 2. The highest BCUT2D eigenvalue weighted by atomic mass is 35.5. The predicted octanol–water partition coefficient (Wildman–Crippen LogP) is 3.71. The van der Waals surface area contributed by atoms with Gasteiger partial charge in [-0.05, 0) is 26.0 Å². The Morgan fingerprint density at radius 3 is 2.72 bits per heavy atom. The molecule has 96 valence electrons. The number of anilines is 2. The molecule has 1 unspecified atom stereocenters. The molecule has 0 bridgehead atoms. The van der Waals surface area contributed by atoms with Crippen molar-refractivity contribution in [2.24, 2.45) is 0 Å². The van der Waals surface area contributed by atoms with Crippen molar-refractivity contribution in [3.63, 3.8) is 0 Å². The van der Waals surface area contributed by atoms with Crippen molar-refractivity contribution < 1.29 is 0 Å². The average Bonchev–Trinajstić information content (AvgIpc) is 2.75. The summed E-state index contributed by atoms with van der Waals surface area (Å²) >= 11 is 7.51. The highest BCUT2D eigenvalue weighted by molar-refractivity contribution is 7.16. The van der Waals surface area contributed by atoms with Crippen molar-refractivity contribution >= 4 is 34.7 Å². The molecule has 2 aromatic heterocycles. The Labute approximate surface area is 115 Å². The summed E-state index contributed by atoms with van der Waals surface area (Å²) in [4.78, 5) is 9.80. The maximum absolute atomic E-state index is 5.94. The summed E-state index contributed by atoms with van der Waals surface area (Å²) < 4.78 is 0.799. The molecule has 2 N–H and O–H groups in total. The lowest BCUT2D eigenvalue weighted by atomic mass is 10.2. The van der Waals surface area contributed by atoms with Crippen LogP contribution >= 0.6 is 22.9 Å². The smallest absolute Gasteiger partial charge is 0.224 e. The number of rotatable bonds is 4. The number of nitrogens with zero attached hydrogens (tertiary/aromatic N) is 2. The van der Waals surface area contributed by atoms with Gasteiger partial charge in [0.25, 0.3) is 0 Å². The molecule has 0 radical (unpaired) electrons. The van der Waals surface area contributed by atoms with Crippen molar-refractivity contribution in [2.75, 3.05) is 17.7 Å². The van der Waals surface area contributed by atoms with E-state index in [1.54, 1.807) is 18.4 Å². The number of thiophene rings is 1. The van der Waals surface area contributed by atoms with Crippen LogP contribution in [0.1, 0.15) is 23.5 Å². The maximum atomic E-state index is 5.94. The zero-order valence-corrected chi connectivity index (χ0v) is 12.1. The SMILES string of the molecule is CNc1nc(C)cc(NC(C)c2ccc(Cl)s2)n1. The monoisotopic (exact) mass is 282 g/mol.